The first-order valence-corrected chi connectivity index (χ1v) is 6.51. The standard InChI is InChI=1S/C14H20F2N2O3/c1-9-4-5-11(6-12(9)21-8-13(15)16)17-14(20)18(3)10(2)7-19/h4-6,10,13,19H,7-8H2,1-3H3,(H,17,20). The Morgan fingerprint density at radius 1 is 1.48 bits per heavy atom. The first-order valence-electron chi connectivity index (χ1n) is 6.51. The fourth-order valence-electron chi connectivity index (χ4n) is 1.52. The molecule has 0 aliphatic carbocycles. The van der Waals surface area contributed by atoms with Crippen LogP contribution in [0.5, 0.6) is 5.75 Å². The first kappa shape index (κ1) is 17.2. The highest BCUT2D eigenvalue weighted by Gasteiger charge is 2.15. The third-order valence-corrected chi connectivity index (χ3v) is 3.05. The minimum Gasteiger partial charge on any atom is -0.487 e. The molecule has 5 nitrogen and oxygen atoms in total. The van der Waals surface area contributed by atoms with Crippen molar-refractivity contribution in [3.05, 3.63) is 23.8 Å². The number of alkyl halides is 2. The van der Waals surface area contributed by atoms with E-state index in [9.17, 15) is 13.6 Å². The summed E-state index contributed by atoms with van der Waals surface area (Å²) in [6.45, 7) is 2.58. The van der Waals surface area contributed by atoms with E-state index >= 15 is 0 Å². The van der Waals surface area contributed by atoms with Gasteiger partial charge in [0.1, 0.15) is 12.4 Å². The Morgan fingerprint density at radius 2 is 2.14 bits per heavy atom. The molecular formula is C14H20F2N2O3. The zero-order valence-corrected chi connectivity index (χ0v) is 12.3. The van der Waals surface area contributed by atoms with Crippen molar-refractivity contribution in [1.29, 1.82) is 0 Å². The van der Waals surface area contributed by atoms with Crippen LogP contribution in [0.25, 0.3) is 0 Å². The van der Waals surface area contributed by atoms with Crippen LogP contribution < -0.4 is 10.1 Å². The number of urea groups is 1. The molecule has 0 aliphatic heterocycles. The summed E-state index contributed by atoms with van der Waals surface area (Å²) in [4.78, 5) is 13.3. The van der Waals surface area contributed by atoms with E-state index in [1.807, 2.05) is 0 Å². The van der Waals surface area contributed by atoms with Crippen LogP contribution in [0, 0.1) is 6.92 Å². The number of aryl methyl sites for hydroxylation is 1. The quantitative estimate of drug-likeness (QED) is 0.848. The lowest BCUT2D eigenvalue weighted by molar-refractivity contribution is 0.0816. The molecule has 0 bridgehead atoms. The lowest BCUT2D eigenvalue weighted by atomic mass is 10.2. The normalized spacial score (nSPS) is 12.1. The summed E-state index contributed by atoms with van der Waals surface area (Å²) in [5.41, 5.74) is 1.14. The summed E-state index contributed by atoms with van der Waals surface area (Å²) >= 11 is 0. The van der Waals surface area contributed by atoms with E-state index in [0.717, 1.165) is 0 Å². The van der Waals surface area contributed by atoms with Gasteiger partial charge in [0.15, 0.2) is 0 Å². The molecule has 21 heavy (non-hydrogen) atoms. The van der Waals surface area contributed by atoms with Gasteiger partial charge in [0.05, 0.1) is 12.6 Å². The first-order chi connectivity index (χ1) is 9.85. The summed E-state index contributed by atoms with van der Waals surface area (Å²) in [5, 5.41) is 11.6. The van der Waals surface area contributed by atoms with Crippen LogP contribution in [0.2, 0.25) is 0 Å². The van der Waals surface area contributed by atoms with Gasteiger partial charge in [-0.15, -0.1) is 0 Å². The number of likely N-dealkylation sites (N-methyl/N-ethyl adjacent to an activating group) is 1. The molecule has 0 spiro atoms. The average Bonchev–Trinajstić information content (AvgIpc) is 2.45. The molecule has 0 heterocycles. The highest BCUT2D eigenvalue weighted by Crippen LogP contribution is 2.23. The van der Waals surface area contributed by atoms with Gasteiger partial charge in [-0.1, -0.05) is 6.07 Å². The number of anilines is 1. The number of carbonyl (C=O) groups excluding carboxylic acids is 1. The lowest BCUT2D eigenvalue weighted by Gasteiger charge is -2.23. The minimum atomic E-state index is -2.56. The molecular weight excluding hydrogens is 282 g/mol. The van der Waals surface area contributed by atoms with Crippen LogP contribution in [0.3, 0.4) is 0 Å². The smallest absolute Gasteiger partial charge is 0.321 e. The Balaban J connectivity index is 2.75. The van der Waals surface area contributed by atoms with Gasteiger partial charge in [0.2, 0.25) is 0 Å². The molecule has 1 aromatic rings. The number of carbonyl (C=O) groups is 1. The molecule has 2 amide bonds. The van der Waals surface area contributed by atoms with Crippen molar-refractivity contribution in [1.82, 2.24) is 4.90 Å². The number of hydrogen-bond donors (Lipinski definition) is 2. The largest absolute Gasteiger partial charge is 0.487 e. The molecule has 1 unspecified atom stereocenters. The maximum absolute atomic E-state index is 12.2. The van der Waals surface area contributed by atoms with Crippen molar-refractivity contribution < 1.29 is 23.4 Å². The van der Waals surface area contributed by atoms with E-state index in [1.54, 1.807) is 33.0 Å². The predicted octanol–water partition coefficient (Wildman–Crippen LogP) is 2.48. The minimum absolute atomic E-state index is 0.152. The Bertz CT molecular complexity index is 483. The molecule has 2 N–H and O–H groups in total. The summed E-state index contributed by atoms with van der Waals surface area (Å²) in [5.74, 6) is 0.297. The number of nitrogens with one attached hydrogen (secondary N) is 1. The van der Waals surface area contributed by atoms with Crippen molar-refractivity contribution >= 4 is 11.7 Å². The molecule has 0 saturated heterocycles. The monoisotopic (exact) mass is 302 g/mol. The lowest BCUT2D eigenvalue weighted by Crippen LogP contribution is -2.40. The van der Waals surface area contributed by atoms with Gasteiger partial charge >= 0.3 is 6.03 Å². The van der Waals surface area contributed by atoms with Crippen LogP contribution >= 0.6 is 0 Å². The van der Waals surface area contributed by atoms with Crippen molar-refractivity contribution in [3.63, 3.8) is 0 Å². The Labute approximate surface area is 122 Å². The zero-order valence-electron chi connectivity index (χ0n) is 12.3. The molecule has 0 radical (unpaired) electrons. The molecule has 118 valence electrons. The van der Waals surface area contributed by atoms with Crippen molar-refractivity contribution in [3.8, 4) is 5.75 Å². The van der Waals surface area contributed by atoms with E-state index < -0.39 is 19.1 Å². The van der Waals surface area contributed by atoms with Gasteiger partial charge < -0.3 is 20.1 Å². The maximum Gasteiger partial charge on any atom is 0.321 e. The number of ether oxygens (including phenoxy) is 1. The van der Waals surface area contributed by atoms with Crippen LogP contribution in [0.1, 0.15) is 12.5 Å². The van der Waals surface area contributed by atoms with E-state index in [1.165, 1.54) is 11.0 Å². The van der Waals surface area contributed by atoms with Gasteiger partial charge in [-0.3, -0.25) is 0 Å². The topological polar surface area (TPSA) is 61.8 Å². The molecule has 1 rings (SSSR count). The third kappa shape index (κ3) is 5.18. The summed E-state index contributed by atoms with van der Waals surface area (Å²) < 4.78 is 29.3. The fraction of sp³-hybridized carbons (Fsp3) is 0.500. The number of aliphatic hydroxyl groups excluding tert-OH is 1. The SMILES string of the molecule is Cc1ccc(NC(=O)N(C)C(C)CO)cc1OCC(F)F. The number of rotatable bonds is 6. The summed E-state index contributed by atoms with van der Waals surface area (Å²) in [7, 11) is 1.55. The Kier molecular flexibility index (Phi) is 6.36. The molecule has 0 aromatic heterocycles. The van der Waals surface area contributed by atoms with Crippen molar-refractivity contribution in [2.24, 2.45) is 0 Å². The highest BCUT2D eigenvalue weighted by atomic mass is 19.3. The maximum atomic E-state index is 12.2. The van der Waals surface area contributed by atoms with Crippen molar-refractivity contribution in [2.45, 2.75) is 26.3 Å². The van der Waals surface area contributed by atoms with Crippen LogP contribution in [0.4, 0.5) is 19.3 Å². The zero-order chi connectivity index (χ0) is 16.0. The van der Waals surface area contributed by atoms with Crippen LogP contribution in [-0.4, -0.2) is 48.8 Å². The Hall–Kier alpha value is -1.89. The summed E-state index contributed by atoms with van der Waals surface area (Å²) in [6, 6.07) is 4.09. The molecule has 0 aliphatic rings. The second-order valence-electron chi connectivity index (χ2n) is 4.76. The Morgan fingerprint density at radius 3 is 2.71 bits per heavy atom. The second kappa shape index (κ2) is 7.78. The number of aliphatic hydroxyl groups is 1. The van der Waals surface area contributed by atoms with Crippen LogP contribution in [0.15, 0.2) is 18.2 Å². The average molecular weight is 302 g/mol. The van der Waals surface area contributed by atoms with Gasteiger partial charge in [-0.2, -0.15) is 0 Å². The van der Waals surface area contributed by atoms with E-state index in [-0.39, 0.29) is 12.6 Å². The highest BCUT2D eigenvalue weighted by molar-refractivity contribution is 5.89. The number of halogens is 2. The number of benzene rings is 1. The van der Waals surface area contributed by atoms with Crippen molar-refractivity contribution in [2.75, 3.05) is 25.6 Å². The number of amides is 2. The molecule has 7 heteroatoms. The summed E-state index contributed by atoms with van der Waals surface area (Å²) in [6.07, 6.45) is -2.56. The van der Waals surface area contributed by atoms with E-state index in [2.05, 4.69) is 5.32 Å². The predicted molar refractivity (Wildman–Crippen MR) is 76.0 cm³/mol. The van der Waals surface area contributed by atoms with Gasteiger partial charge in [0.25, 0.3) is 6.43 Å². The molecule has 1 aromatic carbocycles. The third-order valence-electron chi connectivity index (χ3n) is 3.05. The number of hydrogen-bond acceptors (Lipinski definition) is 3. The number of nitrogens with zero attached hydrogens (tertiary/aromatic N) is 1. The van der Waals surface area contributed by atoms with Crippen LogP contribution in [-0.2, 0) is 0 Å². The van der Waals surface area contributed by atoms with E-state index in [4.69, 9.17) is 9.84 Å². The molecule has 0 saturated carbocycles. The van der Waals surface area contributed by atoms with Gasteiger partial charge in [-0.05, 0) is 25.5 Å². The van der Waals surface area contributed by atoms with Gasteiger partial charge in [-0.25, -0.2) is 13.6 Å². The fourth-order valence-corrected chi connectivity index (χ4v) is 1.52. The molecule has 1 atom stereocenters. The second-order valence-corrected chi connectivity index (χ2v) is 4.76. The molecule has 0 fully saturated rings. The van der Waals surface area contributed by atoms with Gasteiger partial charge in [0, 0.05) is 18.8 Å². The van der Waals surface area contributed by atoms with E-state index in [0.29, 0.717) is 17.0 Å².